The van der Waals surface area contributed by atoms with Gasteiger partial charge in [0.2, 0.25) is 0 Å². The Morgan fingerprint density at radius 3 is 2.68 bits per heavy atom. The monoisotopic (exact) mass is 462 g/mol. The van der Waals surface area contributed by atoms with Crippen LogP contribution in [-0.2, 0) is 28.9 Å². The summed E-state index contributed by atoms with van der Waals surface area (Å²) in [4.78, 5) is 13.2. The lowest BCUT2D eigenvalue weighted by Gasteiger charge is -2.35. The van der Waals surface area contributed by atoms with Crippen molar-refractivity contribution in [2.75, 3.05) is 30.4 Å². The van der Waals surface area contributed by atoms with Gasteiger partial charge in [-0.1, -0.05) is 48.5 Å². The second-order valence-electron chi connectivity index (χ2n) is 8.65. The summed E-state index contributed by atoms with van der Waals surface area (Å²) in [7, 11) is 1.76. The minimum atomic E-state index is -0.926. The molecule has 0 bridgehead atoms. The van der Waals surface area contributed by atoms with Gasteiger partial charge in [-0.05, 0) is 59.7 Å². The molecule has 1 aliphatic heterocycles. The molecule has 0 saturated heterocycles. The fraction of sp³-hybridized carbons (Fsp3) is 0.321. The Morgan fingerprint density at radius 2 is 1.94 bits per heavy atom. The van der Waals surface area contributed by atoms with E-state index in [4.69, 9.17) is 9.84 Å². The first-order valence-corrected chi connectivity index (χ1v) is 11.7. The normalized spacial score (nSPS) is 13.9. The Morgan fingerprint density at radius 1 is 1.12 bits per heavy atom. The van der Waals surface area contributed by atoms with Gasteiger partial charge in [-0.15, -0.1) is 0 Å². The Hall–Kier alpha value is -3.38. The molecule has 0 aromatic heterocycles. The van der Waals surface area contributed by atoms with E-state index in [1.807, 2.05) is 24.3 Å². The summed E-state index contributed by atoms with van der Waals surface area (Å²) in [5, 5.41) is 12.2. The molecule has 34 heavy (non-hydrogen) atoms. The summed E-state index contributed by atoms with van der Waals surface area (Å²) in [5.74, 6) is -1.30. The highest BCUT2D eigenvalue weighted by Crippen LogP contribution is 2.32. The molecule has 0 amide bonds. The average Bonchev–Trinajstić information content (AvgIpc) is 2.86. The fourth-order valence-corrected chi connectivity index (χ4v) is 4.61. The van der Waals surface area contributed by atoms with Crippen molar-refractivity contribution in [2.24, 2.45) is 0 Å². The van der Waals surface area contributed by atoms with E-state index < -0.39 is 5.97 Å². The molecule has 0 fully saturated rings. The molecule has 4 rings (SSSR count). The molecule has 0 aliphatic carbocycles. The van der Waals surface area contributed by atoms with Crippen molar-refractivity contribution in [1.82, 2.24) is 0 Å². The van der Waals surface area contributed by atoms with Crippen molar-refractivity contribution in [3.05, 3.63) is 94.8 Å². The number of aryl methyl sites for hydroxylation is 1. The van der Waals surface area contributed by atoms with E-state index in [-0.39, 0.29) is 24.8 Å². The number of methoxy groups -OCH3 is 1. The van der Waals surface area contributed by atoms with Crippen LogP contribution in [0.2, 0.25) is 0 Å². The van der Waals surface area contributed by atoms with Crippen molar-refractivity contribution in [3.63, 3.8) is 0 Å². The van der Waals surface area contributed by atoms with Crippen molar-refractivity contribution >= 4 is 17.3 Å². The molecule has 1 atom stereocenters. The Bertz CT molecular complexity index is 1120. The predicted molar refractivity (Wildman–Crippen MR) is 133 cm³/mol. The summed E-state index contributed by atoms with van der Waals surface area (Å²) in [5.41, 5.74) is 6.04. The highest BCUT2D eigenvalue weighted by molar-refractivity contribution is 5.67. The van der Waals surface area contributed by atoms with Gasteiger partial charge in [0.15, 0.2) is 0 Å². The van der Waals surface area contributed by atoms with Crippen LogP contribution < -0.4 is 10.2 Å². The standard InChI is InChI=1S/C28H31FN2O3/c1-34-27(21-7-3-2-4-8-21)19-31-16-6-10-24-22(9-5-11-26(24)31)18-30-23-14-12-20(25(29)17-23)13-15-28(32)33/h2-5,7-9,11-12,14,17,27,30H,6,10,13,15-16,18-19H2,1H3,(H,32,33). The number of hydrogen-bond acceptors (Lipinski definition) is 4. The highest BCUT2D eigenvalue weighted by atomic mass is 19.1. The van der Waals surface area contributed by atoms with E-state index >= 15 is 0 Å². The smallest absolute Gasteiger partial charge is 0.303 e. The third-order valence-corrected chi connectivity index (χ3v) is 6.43. The summed E-state index contributed by atoms with van der Waals surface area (Å²) < 4.78 is 20.2. The van der Waals surface area contributed by atoms with Crippen LogP contribution in [0.3, 0.4) is 0 Å². The number of anilines is 2. The summed E-state index contributed by atoms with van der Waals surface area (Å²) in [6.45, 7) is 2.37. The van der Waals surface area contributed by atoms with Gasteiger partial charge in [-0.25, -0.2) is 4.39 Å². The predicted octanol–water partition coefficient (Wildman–Crippen LogP) is 5.60. The number of benzene rings is 3. The SMILES string of the molecule is COC(CN1CCCc2c(CNc3ccc(CCC(=O)O)c(F)c3)cccc21)c1ccccc1. The van der Waals surface area contributed by atoms with Gasteiger partial charge in [-0.2, -0.15) is 0 Å². The first kappa shape index (κ1) is 23.8. The maximum Gasteiger partial charge on any atom is 0.303 e. The van der Waals surface area contributed by atoms with E-state index in [1.165, 1.54) is 28.4 Å². The van der Waals surface area contributed by atoms with E-state index in [9.17, 15) is 9.18 Å². The lowest BCUT2D eigenvalue weighted by Crippen LogP contribution is -2.34. The molecule has 1 aliphatic rings. The maximum atomic E-state index is 14.4. The van der Waals surface area contributed by atoms with Gasteiger partial charge >= 0.3 is 5.97 Å². The second kappa shape index (κ2) is 11.2. The lowest BCUT2D eigenvalue weighted by molar-refractivity contribution is -0.136. The molecule has 3 aromatic rings. The number of fused-ring (bicyclic) bond motifs is 1. The Balaban J connectivity index is 1.46. The molecule has 0 saturated carbocycles. The molecule has 1 unspecified atom stereocenters. The minimum Gasteiger partial charge on any atom is -0.481 e. The van der Waals surface area contributed by atoms with Gasteiger partial charge < -0.3 is 20.1 Å². The first-order valence-electron chi connectivity index (χ1n) is 11.7. The largest absolute Gasteiger partial charge is 0.481 e. The zero-order chi connectivity index (χ0) is 23.9. The van der Waals surface area contributed by atoms with E-state index in [0.717, 1.165) is 25.9 Å². The van der Waals surface area contributed by atoms with Crippen LogP contribution in [0.1, 0.15) is 41.2 Å². The third-order valence-electron chi connectivity index (χ3n) is 6.43. The molecule has 1 heterocycles. The third kappa shape index (κ3) is 5.75. The van der Waals surface area contributed by atoms with E-state index in [1.54, 1.807) is 13.2 Å². The number of carboxylic acids is 1. The molecular formula is C28H31FN2O3. The summed E-state index contributed by atoms with van der Waals surface area (Å²) in [6.07, 6.45) is 2.19. The number of carboxylic acid groups (broad SMARTS) is 1. The number of hydrogen-bond donors (Lipinski definition) is 2. The van der Waals surface area contributed by atoms with Crippen molar-refractivity contribution in [2.45, 2.75) is 38.3 Å². The molecule has 178 valence electrons. The van der Waals surface area contributed by atoms with Gasteiger partial charge in [0.05, 0.1) is 6.10 Å². The van der Waals surface area contributed by atoms with Gasteiger partial charge in [0.25, 0.3) is 0 Å². The van der Waals surface area contributed by atoms with Gasteiger partial charge in [0, 0.05) is 44.5 Å². The van der Waals surface area contributed by atoms with Crippen LogP contribution in [0, 0.1) is 5.82 Å². The quantitative estimate of drug-likeness (QED) is 0.411. The number of aliphatic carboxylic acids is 1. The highest BCUT2D eigenvalue weighted by Gasteiger charge is 2.23. The minimum absolute atomic E-state index is 0.00320. The molecule has 2 N–H and O–H groups in total. The van der Waals surface area contributed by atoms with Crippen LogP contribution in [0.5, 0.6) is 0 Å². The van der Waals surface area contributed by atoms with Crippen LogP contribution in [0.25, 0.3) is 0 Å². The molecule has 5 nitrogen and oxygen atoms in total. The fourth-order valence-electron chi connectivity index (χ4n) is 4.61. The van der Waals surface area contributed by atoms with Crippen molar-refractivity contribution < 1.29 is 19.0 Å². The zero-order valence-electron chi connectivity index (χ0n) is 19.5. The molecular weight excluding hydrogens is 431 g/mol. The zero-order valence-corrected chi connectivity index (χ0v) is 19.5. The Labute approximate surface area is 200 Å². The summed E-state index contributed by atoms with van der Waals surface area (Å²) >= 11 is 0. The molecule has 0 spiro atoms. The van der Waals surface area contributed by atoms with Gasteiger partial charge in [-0.3, -0.25) is 4.79 Å². The van der Waals surface area contributed by atoms with Crippen LogP contribution in [0.15, 0.2) is 66.7 Å². The number of nitrogens with zero attached hydrogens (tertiary/aromatic N) is 1. The number of rotatable bonds is 10. The average molecular weight is 463 g/mol. The first-order chi connectivity index (χ1) is 16.5. The number of nitrogens with one attached hydrogen (secondary N) is 1. The number of carbonyl (C=O) groups is 1. The van der Waals surface area contributed by atoms with Gasteiger partial charge in [0.1, 0.15) is 5.82 Å². The lowest BCUT2D eigenvalue weighted by atomic mass is 9.95. The topological polar surface area (TPSA) is 61.8 Å². The van der Waals surface area contributed by atoms with Crippen molar-refractivity contribution in [1.29, 1.82) is 0 Å². The van der Waals surface area contributed by atoms with E-state index in [0.29, 0.717) is 17.8 Å². The number of ether oxygens (including phenoxy) is 1. The van der Waals surface area contributed by atoms with Crippen LogP contribution in [-0.4, -0.2) is 31.3 Å². The molecule has 3 aromatic carbocycles. The van der Waals surface area contributed by atoms with Crippen molar-refractivity contribution in [3.8, 4) is 0 Å². The summed E-state index contributed by atoms with van der Waals surface area (Å²) in [6, 6.07) is 21.6. The van der Waals surface area contributed by atoms with Crippen LogP contribution >= 0.6 is 0 Å². The number of halogens is 1. The second-order valence-corrected chi connectivity index (χ2v) is 8.65. The Kier molecular flexibility index (Phi) is 7.80. The molecule has 6 heteroatoms. The molecule has 0 radical (unpaired) electrons. The van der Waals surface area contributed by atoms with E-state index in [2.05, 4.69) is 40.5 Å². The maximum absolute atomic E-state index is 14.4. The van der Waals surface area contributed by atoms with Crippen LogP contribution in [0.4, 0.5) is 15.8 Å².